The summed E-state index contributed by atoms with van der Waals surface area (Å²) in [5.41, 5.74) is -3.30. The average molecular weight is 150 g/mol. The van der Waals surface area contributed by atoms with Gasteiger partial charge in [-0.1, -0.05) is 0 Å². The van der Waals surface area contributed by atoms with Crippen molar-refractivity contribution < 1.29 is 20.4 Å². The van der Waals surface area contributed by atoms with Gasteiger partial charge in [-0.2, -0.15) is 0 Å². The molecule has 0 bridgehead atoms. The minimum Gasteiger partial charge on any atom is -0.393 e. The van der Waals surface area contributed by atoms with Gasteiger partial charge in [0.1, 0.15) is 11.2 Å². The summed E-state index contributed by atoms with van der Waals surface area (Å²) in [7, 11) is 0. The second-order valence-electron chi connectivity index (χ2n) is 2.86. The van der Waals surface area contributed by atoms with Gasteiger partial charge in [-0.05, 0) is 13.8 Å². The first-order valence-corrected chi connectivity index (χ1v) is 3.04. The van der Waals surface area contributed by atoms with Crippen LogP contribution >= 0.6 is 0 Å². The van der Waals surface area contributed by atoms with Crippen molar-refractivity contribution in [3.05, 3.63) is 0 Å². The zero-order chi connectivity index (χ0) is 8.41. The van der Waals surface area contributed by atoms with Crippen LogP contribution in [-0.4, -0.2) is 44.8 Å². The molecule has 62 valence electrons. The van der Waals surface area contributed by atoms with E-state index >= 15 is 0 Å². The van der Waals surface area contributed by atoms with E-state index in [-0.39, 0.29) is 0 Å². The van der Waals surface area contributed by atoms with Crippen LogP contribution in [0.1, 0.15) is 13.8 Å². The van der Waals surface area contributed by atoms with Crippen LogP contribution in [0.3, 0.4) is 0 Å². The van der Waals surface area contributed by atoms with Crippen molar-refractivity contribution in [2.45, 2.75) is 25.0 Å². The van der Waals surface area contributed by atoms with Gasteiger partial charge >= 0.3 is 0 Å². The Morgan fingerprint density at radius 2 is 1.10 bits per heavy atom. The summed E-state index contributed by atoms with van der Waals surface area (Å²) in [6, 6.07) is 0. The van der Waals surface area contributed by atoms with Gasteiger partial charge in [0.15, 0.2) is 0 Å². The highest BCUT2D eigenvalue weighted by atomic mass is 16.4. The van der Waals surface area contributed by atoms with E-state index in [1.165, 1.54) is 13.8 Å². The standard InChI is InChI=1S/C6H14O4/c1-5(9,3-7)6(2,10)4-8/h7-10H,3-4H2,1-2H3/t5-,6+. The number of hydrogen-bond acceptors (Lipinski definition) is 4. The Morgan fingerprint density at radius 3 is 1.20 bits per heavy atom. The van der Waals surface area contributed by atoms with E-state index in [1.807, 2.05) is 0 Å². The first-order chi connectivity index (χ1) is 4.37. The highest BCUT2D eigenvalue weighted by Crippen LogP contribution is 2.19. The first kappa shape index (κ1) is 9.84. The van der Waals surface area contributed by atoms with Crippen LogP contribution in [0.5, 0.6) is 0 Å². The summed E-state index contributed by atoms with van der Waals surface area (Å²) >= 11 is 0. The SMILES string of the molecule is C[C@](O)(CO)[C@](C)(O)CO. The van der Waals surface area contributed by atoms with Crippen LogP contribution in [0.2, 0.25) is 0 Å². The number of aliphatic hydroxyl groups is 4. The fraction of sp³-hybridized carbons (Fsp3) is 1.00. The van der Waals surface area contributed by atoms with E-state index in [0.717, 1.165) is 0 Å². The minimum atomic E-state index is -1.65. The molecule has 4 nitrogen and oxygen atoms in total. The van der Waals surface area contributed by atoms with E-state index in [4.69, 9.17) is 10.2 Å². The predicted molar refractivity (Wildman–Crippen MR) is 35.4 cm³/mol. The molecule has 0 unspecified atom stereocenters. The maximum absolute atomic E-state index is 9.19. The third-order valence-corrected chi connectivity index (χ3v) is 1.78. The normalized spacial score (nSPS) is 23.4. The maximum atomic E-state index is 9.19. The largest absolute Gasteiger partial charge is 0.393 e. The predicted octanol–water partition coefficient (Wildman–Crippen LogP) is -1.53. The Balaban J connectivity index is 4.28. The highest BCUT2D eigenvalue weighted by Gasteiger charge is 2.40. The Kier molecular flexibility index (Phi) is 2.79. The van der Waals surface area contributed by atoms with Gasteiger partial charge in [0, 0.05) is 0 Å². The lowest BCUT2D eigenvalue weighted by Gasteiger charge is -2.35. The Labute approximate surface area is 59.7 Å². The number of hydrogen-bond donors (Lipinski definition) is 4. The lowest BCUT2D eigenvalue weighted by molar-refractivity contribution is -0.169. The molecule has 2 atom stereocenters. The van der Waals surface area contributed by atoms with E-state index in [1.54, 1.807) is 0 Å². The Hall–Kier alpha value is -0.160. The van der Waals surface area contributed by atoms with Crippen molar-refractivity contribution in [3.8, 4) is 0 Å². The van der Waals surface area contributed by atoms with Gasteiger partial charge in [0.25, 0.3) is 0 Å². The molecule has 4 N–H and O–H groups in total. The smallest absolute Gasteiger partial charge is 0.115 e. The quantitative estimate of drug-likeness (QED) is 0.393. The third kappa shape index (κ3) is 1.67. The van der Waals surface area contributed by atoms with Crippen molar-refractivity contribution in [2.24, 2.45) is 0 Å². The molecule has 10 heavy (non-hydrogen) atoms. The molecular weight excluding hydrogens is 136 g/mol. The molecule has 0 amide bonds. The molecule has 0 rings (SSSR count). The fourth-order valence-corrected chi connectivity index (χ4v) is 0.341. The molecular formula is C6H14O4. The van der Waals surface area contributed by atoms with Crippen molar-refractivity contribution in [3.63, 3.8) is 0 Å². The van der Waals surface area contributed by atoms with Crippen molar-refractivity contribution >= 4 is 0 Å². The second kappa shape index (κ2) is 2.84. The molecule has 0 aliphatic heterocycles. The molecule has 0 aliphatic carbocycles. The number of aliphatic hydroxyl groups excluding tert-OH is 2. The van der Waals surface area contributed by atoms with Crippen LogP contribution in [0, 0.1) is 0 Å². The van der Waals surface area contributed by atoms with Crippen LogP contribution < -0.4 is 0 Å². The monoisotopic (exact) mass is 150 g/mol. The molecule has 0 aromatic heterocycles. The molecule has 0 aromatic carbocycles. The number of rotatable bonds is 3. The average Bonchev–Trinajstić information content (AvgIpc) is 1.88. The highest BCUT2D eigenvalue weighted by molar-refractivity contribution is 4.92. The topological polar surface area (TPSA) is 80.9 Å². The van der Waals surface area contributed by atoms with Gasteiger partial charge in [0.05, 0.1) is 13.2 Å². The molecule has 0 heterocycles. The maximum Gasteiger partial charge on any atom is 0.115 e. The fourth-order valence-electron chi connectivity index (χ4n) is 0.341. The van der Waals surface area contributed by atoms with Gasteiger partial charge in [-0.3, -0.25) is 0 Å². The molecule has 0 spiro atoms. The van der Waals surface area contributed by atoms with Crippen LogP contribution in [-0.2, 0) is 0 Å². The zero-order valence-corrected chi connectivity index (χ0v) is 6.20. The van der Waals surface area contributed by atoms with Gasteiger partial charge < -0.3 is 20.4 Å². The van der Waals surface area contributed by atoms with Crippen LogP contribution in [0.25, 0.3) is 0 Å². The van der Waals surface area contributed by atoms with Gasteiger partial charge in [-0.25, -0.2) is 0 Å². The zero-order valence-electron chi connectivity index (χ0n) is 6.20. The summed E-state index contributed by atoms with van der Waals surface area (Å²) in [6.45, 7) is 1.34. The second-order valence-corrected chi connectivity index (χ2v) is 2.86. The Morgan fingerprint density at radius 1 is 0.900 bits per heavy atom. The summed E-state index contributed by atoms with van der Waals surface area (Å²) in [5.74, 6) is 0. The molecule has 0 saturated heterocycles. The van der Waals surface area contributed by atoms with E-state index in [2.05, 4.69) is 0 Å². The summed E-state index contributed by atoms with van der Waals surface area (Å²) in [6.07, 6.45) is 0. The molecule has 0 aromatic rings. The molecule has 0 fully saturated rings. The molecule has 0 aliphatic rings. The van der Waals surface area contributed by atoms with Crippen LogP contribution in [0.15, 0.2) is 0 Å². The van der Waals surface area contributed by atoms with Gasteiger partial charge in [-0.15, -0.1) is 0 Å². The summed E-state index contributed by atoms with van der Waals surface area (Å²) in [4.78, 5) is 0. The van der Waals surface area contributed by atoms with Crippen LogP contribution in [0.4, 0.5) is 0 Å². The lowest BCUT2D eigenvalue weighted by atomic mass is 9.87. The van der Waals surface area contributed by atoms with E-state index in [0.29, 0.717) is 0 Å². The van der Waals surface area contributed by atoms with Crippen molar-refractivity contribution in [2.75, 3.05) is 13.2 Å². The molecule has 0 radical (unpaired) electrons. The summed E-state index contributed by atoms with van der Waals surface area (Å²) < 4.78 is 0. The van der Waals surface area contributed by atoms with Crippen molar-refractivity contribution in [1.29, 1.82) is 0 Å². The lowest BCUT2D eigenvalue weighted by Crippen LogP contribution is -2.54. The van der Waals surface area contributed by atoms with E-state index < -0.39 is 24.4 Å². The summed E-state index contributed by atoms with van der Waals surface area (Å²) in [5, 5.41) is 35.5. The minimum absolute atomic E-state index is 0.583. The molecule has 4 heteroatoms. The van der Waals surface area contributed by atoms with Gasteiger partial charge in [0.2, 0.25) is 0 Å². The van der Waals surface area contributed by atoms with E-state index in [9.17, 15) is 10.2 Å². The molecule has 0 saturated carbocycles. The first-order valence-electron chi connectivity index (χ1n) is 3.04. The third-order valence-electron chi connectivity index (χ3n) is 1.78. The van der Waals surface area contributed by atoms with Crippen molar-refractivity contribution in [1.82, 2.24) is 0 Å². The Bertz CT molecular complexity index is 94.3.